The van der Waals surface area contributed by atoms with Crippen LogP contribution in [0, 0.1) is 0 Å². The topological polar surface area (TPSA) is 92.3 Å². The molecule has 0 spiro atoms. The monoisotopic (exact) mass is 467 g/mol. The van der Waals surface area contributed by atoms with E-state index in [4.69, 9.17) is 23.7 Å². The van der Waals surface area contributed by atoms with Crippen LogP contribution in [0.2, 0.25) is 0 Å². The number of nitrogens with one attached hydrogen (secondary N) is 1. The first-order valence-corrected chi connectivity index (χ1v) is 11.0. The molecule has 8 heteroatoms. The van der Waals surface area contributed by atoms with Gasteiger partial charge in [0, 0.05) is 30.0 Å². The summed E-state index contributed by atoms with van der Waals surface area (Å²) in [5.41, 5.74) is 3.07. The van der Waals surface area contributed by atoms with E-state index in [9.17, 15) is 9.59 Å². The van der Waals surface area contributed by atoms with Gasteiger partial charge in [-0.05, 0) is 47.7 Å². The molecule has 2 atom stereocenters. The predicted octanol–water partition coefficient (Wildman–Crippen LogP) is 3.73. The average molecular weight is 468 g/mol. The zero-order valence-electron chi connectivity index (χ0n) is 20.0. The van der Waals surface area contributed by atoms with E-state index < -0.39 is 0 Å². The Hall–Kier alpha value is -3.68. The van der Waals surface area contributed by atoms with Gasteiger partial charge in [0.15, 0.2) is 28.8 Å². The molecule has 0 saturated carbocycles. The lowest BCUT2D eigenvalue weighted by molar-refractivity contribution is -0.122. The predicted molar refractivity (Wildman–Crippen MR) is 125 cm³/mol. The molecular weight excluding hydrogens is 438 g/mol. The third-order valence-electron chi connectivity index (χ3n) is 6.50. The smallest absolute Gasteiger partial charge is 0.225 e. The maximum absolute atomic E-state index is 13.5. The van der Waals surface area contributed by atoms with E-state index in [2.05, 4.69) is 5.32 Å². The van der Waals surface area contributed by atoms with Crippen LogP contribution < -0.4 is 29.0 Å². The number of methoxy groups -OCH3 is 5. The molecule has 180 valence electrons. The highest BCUT2D eigenvalue weighted by Crippen LogP contribution is 2.47. The Labute approximate surface area is 198 Å². The fourth-order valence-electron chi connectivity index (χ4n) is 4.89. The van der Waals surface area contributed by atoms with Gasteiger partial charge in [-0.1, -0.05) is 6.07 Å². The van der Waals surface area contributed by atoms with Gasteiger partial charge in [-0.3, -0.25) is 9.59 Å². The quantitative estimate of drug-likeness (QED) is 0.663. The molecule has 1 heterocycles. The van der Waals surface area contributed by atoms with Crippen LogP contribution in [0.1, 0.15) is 42.2 Å². The molecule has 2 aromatic rings. The average Bonchev–Trinajstić information content (AvgIpc) is 2.86. The summed E-state index contributed by atoms with van der Waals surface area (Å²) in [7, 11) is 7.80. The van der Waals surface area contributed by atoms with Crippen LogP contribution in [-0.2, 0) is 9.59 Å². The number of allylic oxidation sites excluding steroid dienone is 2. The number of benzene rings is 2. The minimum Gasteiger partial charge on any atom is -0.493 e. The second-order valence-corrected chi connectivity index (χ2v) is 8.30. The van der Waals surface area contributed by atoms with Crippen LogP contribution in [0.4, 0.5) is 0 Å². The standard InChI is InChI=1S/C26H29NO7/c1-30-20-7-6-14(10-21(20)31-2)17-13-24(29)27-18-8-15(9-19(28)25(17)18)16-11-22(32-3)26(34-5)23(12-16)33-4/h6-7,10-12,15,17H,8-9,13H2,1-5H3,(H,27,29). The van der Waals surface area contributed by atoms with Crippen LogP contribution in [-0.4, -0.2) is 47.2 Å². The lowest BCUT2D eigenvalue weighted by Crippen LogP contribution is -2.38. The number of Topliss-reactive ketones (excluding diaryl/α,β-unsaturated/α-hetero) is 1. The lowest BCUT2D eigenvalue weighted by atomic mass is 9.73. The van der Waals surface area contributed by atoms with E-state index in [-0.39, 0.29) is 29.9 Å². The highest BCUT2D eigenvalue weighted by atomic mass is 16.5. The Kier molecular flexibility index (Phi) is 6.68. The molecule has 0 radical (unpaired) electrons. The van der Waals surface area contributed by atoms with Crippen molar-refractivity contribution in [1.29, 1.82) is 0 Å². The minimum atomic E-state index is -0.336. The number of ether oxygens (including phenoxy) is 5. The van der Waals surface area contributed by atoms with Crippen molar-refractivity contribution in [1.82, 2.24) is 5.32 Å². The Balaban J connectivity index is 1.72. The summed E-state index contributed by atoms with van der Waals surface area (Å²) in [6.07, 6.45) is 1.04. The molecule has 1 aliphatic heterocycles. The highest BCUT2D eigenvalue weighted by Gasteiger charge is 2.39. The summed E-state index contributed by atoms with van der Waals surface area (Å²) in [4.78, 5) is 26.1. The number of ketones is 1. The summed E-state index contributed by atoms with van der Waals surface area (Å²) >= 11 is 0. The first-order valence-electron chi connectivity index (χ1n) is 11.0. The highest BCUT2D eigenvalue weighted by molar-refractivity contribution is 6.02. The van der Waals surface area contributed by atoms with Crippen LogP contribution in [0.15, 0.2) is 41.6 Å². The number of amides is 1. The molecule has 2 unspecified atom stereocenters. The van der Waals surface area contributed by atoms with Crippen molar-refractivity contribution < 1.29 is 33.3 Å². The second kappa shape index (κ2) is 9.67. The van der Waals surface area contributed by atoms with Crippen molar-refractivity contribution in [2.45, 2.75) is 31.1 Å². The number of hydrogen-bond acceptors (Lipinski definition) is 7. The van der Waals surface area contributed by atoms with Gasteiger partial charge in [0.2, 0.25) is 11.7 Å². The van der Waals surface area contributed by atoms with Crippen LogP contribution in [0.25, 0.3) is 0 Å². The summed E-state index contributed by atoms with van der Waals surface area (Å²) in [6.45, 7) is 0. The molecule has 34 heavy (non-hydrogen) atoms. The van der Waals surface area contributed by atoms with E-state index in [0.29, 0.717) is 52.9 Å². The zero-order valence-corrected chi connectivity index (χ0v) is 20.0. The second-order valence-electron chi connectivity index (χ2n) is 8.30. The van der Waals surface area contributed by atoms with Gasteiger partial charge in [0.1, 0.15) is 0 Å². The molecule has 4 rings (SSSR count). The van der Waals surface area contributed by atoms with Crippen molar-refractivity contribution in [3.63, 3.8) is 0 Å². The molecular formula is C26H29NO7. The molecule has 2 aliphatic rings. The van der Waals surface area contributed by atoms with E-state index in [1.807, 2.05) is 24.3 Å². The normalized spacial score (nSPS) is 19.8. The number of carbonyl (C=O) groups is 2. The van der Waals surface area contributed by atoms with Gasteiger partial charge in [0.05, 0.1) is 35.5 Å². The van der Waals surface area contributed by atoms with Gasteiger partial charge >= 0.3 is 0 Å². The molecule has 1 N–H and O–H groups in total. The molecule has 0 fully saturated rings. The third-order valence-corrected chi connectivity index (χ3v) is 6.50. The lowest BCUT2D eigenvalue weighted by Gasteiger charge is -2.34. The number of rotatable bonds is 7. The van der Waals surface area contributed by atoms with Crippen molar-refractivity contribution in [2.75, 3.05) is 35.5 Å². The number of carbonyl (C=O) groups excluding carboxylic acids is 2. The van der Waals surface area contributed by atoms with Gasteiger partial charge in [-0.25, -0.2) is 0 Å². The first kappa shape index (κ1) is 23.5. The Bertz CT molecular complexity index is 1130. The third kappa shape index (κ3) is 4.16. The number of hydrogen-bond donors (Lipinski definition) is 1. The summed E-state index contributed by atoms with van der Waals surface area (Å²) in [5.74, 6) is 2.14. The molecule has 8 nitrogen and oxygen atoms in total. The zero-order chi connectivity index (χ0) is 24.4. The summed E-state index contributed by atoms with van der Waals surface area (Å²) < 4.78 is 27.1. The SMILES string of the molecule is COc1ccc(C2CC(=O)NC3=C2C(=O)CC(c2cc(OC)c(OC)c(OC)c2)C3)cc1OC. The van der Waals surface area contributed by atoms with Gasteiger partial charge in [0.25, 0.3) is 0 Å². The maximum Gasteiger partial charge on any atom is 0.225 e. The van der Waals surface area contributed by atoms with E-state index in [1.165, 1.54) is 0 Å². The van der Waals surface area contributed by atoms with E-state index in [0.717, 1.165) is 11.1 Å². The summed E-state index contributed by atoms with van der Waals surface area (Å²) in [6, 6.07) is 9.24. The molecule has 1 aliphatic carbocycles. The van der Waals surface area contributed by atoms with Crippen LogP contribution >= 0.6 is 0 Å². The van der Waals surface area contributed by atoms with E-state index >= 15 is 0 Å². The first-order chi connectivity index (χ1) is 16.4. The van der Waals surface area contributed by atoms with Gasteiger partial charge < -0.3 is 29.0 Å². The Morgan fingerprint density at radius 1 is 0.706 bits per heavy atom. The molecule has 0 saturated heterocycles. The van der Waals surface area contributed by atoms with Crippen molar-refractivity contribution in [3.8, 4) is 28.7 Å². The van der Waals surface area contributed by atoms with Gasteiger partial charge in [-0.15, -0.1) is 0 Å². The molecule has 0 aromatic heterocycles. The molecule has 0 bridgehead atoms. The Morgan fingerprint density at radius 3 is 1.91 bits per heavy atom. The van der Waals surface area contributed by atoms with E-state index in [1.54, 1.807) is 41.6 Å². The fraction of sp³-hybridized carbons (Fsp3) is 0.385. The summed E-state index contributed by atoms with van der Waals surface area (Å²) in [5, 5.41) is 2.96. The molecule has 1 amide bonds. The fourth-order valence-corrected chi connectivity index (χ4v) is 4.89. The Morgan fingerprint density at radius 2 is 1.32 bits per heavy atom. The van der Waals surface area contributed by atoms with Gasteiger partial charge in [-0.2, -0.15) is 0 Å². The van der Waals surface area contributed by atoms with Crippen LogP contribution in [0.3, 0.4) is 0 Å². The van der Waals surface area contributed by atoms with Crippen molar-refractivity contribution in [2.24, 2.45) is 0 Å². The minimum absolute atomic E-state index is 0.0137. The largest absolute Gasteiger partial charge is 0.493 e. The van der Waals surface area contributed by atoms with Crippen molar-refractivity contribution >= 4 is 11.7 Å². The van der Waals surface area contributed by atoms with Crippen LogP contribution in [0.5, 0.6) is 28.7 Å². The maximum atomic E-state index is 13.5. The molecule has 2 aromatic carbocycles. The van der Waals surface area contributed by atoms with Crippen molar-refractivity contribution in [3.05, 3.63) is 52.7 Å².